The molecule has 0 aliphatic heterocycles. The summed E-state index contributed by atoms with van der Waals surface area (Å²) in [4.78, 5) is 0. The van der Waals surface area contributed by atoms with Gasteiger partial charge in [0, 0.05) is 35.9 Å². The van der Waals surface area contributed by atoms with Gasteiger partial charge in [-0.3, -0.25) is 0 Å². The highest BCUT2D eigenvalue weighted by Gasteiger charge is 2.11. The van der Waals surface area contributed by atoms with Crippen molar-refractivity contribution in [2.45, 2.75) is 89.3 Å². The van der Waals surface area contributed by atoms with Gasteiger partial charge in [-0.05, 0) is 0 Å². The van der Waals surface area contributed by atoms with Gasteiger partial charge in [0.15, 0.2) is 0 Å². The maximum absolute atomic E-state index is 3.00. The molecule has 0 radical (unpaired) electrons. The van der Waals surface area contributed by atoms with Gasteiger partial charge in [0.1, 0.15) is 0 Å². The van der Waals surface area contributed by atoms with Gasteiger partial charge < -0.3 is 0 Å². The fourth-order valence-corrected chi connectivity index (χ4v) is 7.18. The first-order valence-electron chi connectivity index (χ1n) is 8.62. The molecule has 0 unspecified atom stereocenters. The van der Waals surface area contributed by atoms with Crippen LogP contribution in [0.2, 0.25) is 69.5 Å². The Bertz CT molecular complexity index is 180. The summed E-state index contributed by atoms with van der Waals surface area (Å²) in [5.41, 5.74) is 0. The average Bonchev–Trinajstić information content (AvgIpc) is 2.33. The molecule has 0 aromatic heterocycles. The third-order valence-corrected chi connectivity index (χ3v) is 9.18. The molecule has 0 fully saturated rings. The van der Waals surface area contributed by atoms with E-state index < -0.39 is 16.1 Å². The van der Waals surface area contributed by atoms with E-state index in [4.69, 9.17) is 0 Å². The van der Waals surface area contributed by atoms with Crippen LogP contribution in [0.4, 0.5) is 0 Å². The maximum Gasteiger partial charge on any atom is 0.0442 e. The van der Waals surface area contributed by atoms with Crippen LogP contribution in [0.5, 0.6) is 0 Å². The monoisotopic (exact) mass is 348 g/mol. The first-order valence-corrected chi connectivity index (χ1v) is 19.4. The Morgan fingerprint density at radius 3 is 1.50 bits per heavy atom. The maximum atomic E-state index is 3.00. The molecular formula is C16H44Si4. The van der Waals surface area contributed by atoms with Crippen LogP contribution >= 0.6 is 0 Å². The molecule has 4 heteroatoms. The topological polar surface area (TPSA) is 0 Å². The predicted octanol–water partition coefficient (Wildman–Crippen LogP) is 5.04. The van der Waals surface area contributed by atoms with Crippen molar-refractivity contribution in [2.24, 2.45) is 0 Å². The molecule has 0 bridgehead atoms. The highest BCUT2D eigenvalue weighted by molar-refractivity contribution is 6.76. The van der Waals surface area contributed by atoms with Crippen LogP contribution in [-0.4, -0.2) is 35.9 Å². The third-order valence-electron chi connectivity index (χ3n) is 3.06. The molecule has 0 amide bonds. The van der Waals surface area contributed by atoms with Gasteiger partial charge in [-0.25, -0.2) is 0 Å². The fraction of sp³-hybridized carbons (Fsp3) is 0.875. The lowest BCUT2D eigenvalue weighted by Crippen LogP contribution is -2.18. The van der Waals surface area contributed by atoms with Crippen LogP contribution in [0.25, 0.3) is 0 Å². The molecule has 124 valence electrons. The van der Waals surface area contributed by atoms with E-state index in [9.17, 15) is 0 Å². The summed E-state index contributed by atoms with van der Waals surface area (Å²) in [5, 5.41) is 0. The Morgan fingerprint density at radius 2 is 1.25 bits per heavy atom. The summed E-state index contributed by atoms with van der Waals surface area (Å²) in [6, 6.07) is 7.70. The second-order valence-electron chi connectivity index (χ2n) is 8.04. The van der Waals surface area contributed by atoms with Crippen LogP contribution in [0.1, 0.15) is 19.8 Å². The predicted molar refractivity (Wildman–Crippen MR) is 115 cm³/mol. The van der Waals surface area contributed by atoms with E-state index in [0.717, 1.165) is 0 Å². The normalized spacial score (nSPS) is 11.8. The third kappa shape index (κ3) is 36.3. The lowest BCUT2D eigenvalue weighted by Gasteiger charge is -2.14. The number of rotatable bonds is 8. The van der Waals surface area contributed by atoms with E-state index in [2.05, 4.69) is 59.4 Å². The number of hydrogen-bond donors (Lipinski definition) is 0. The first-order chi connectivity index (χ1) is 9.12. The molecule has 0 nitrogen and oxygen atoms in total. The van der Waals surface area contributed by atoms with Crippen LogP contribution in [0.3, 0.4) is 0 Å². The van der Waals surface area contributed by atoms with Crippen molar-refractivity contribution >= 4 is 35.9 Å². The Balaban J connectivity index is -0.000000262. The lowest BCUT2D eigenvalue weighted by molar-refractivity contribution is 1.03. The summed E-state index contributed by atoms with van der Waals surface area (Å²) in [6.07, 6.45) is 3.04. The zero-order chi connectivity index (χ0) is 16.7. The van der Waals surface area contributed by atoms with Crippen molar-refractivity contribution in [1.82, 2.24) is 0 Å². The second-order valence-corrected chi connectivity index (χ2v) is 22.7. The quantitative estimate of drug-likeness (QED) is 0.327. The van der Waals surface area contributed by atoms with Gasteiger partial charge in [-0.2, -0.15) is 0 Å². The van der Waals surface area contributed by atoms with Gasteiger partial charge in [0.25, 0.3) is 0 Å². The molecule has 0 spiro atoms. The molecule has 0 rings (SSSR count). The van der Waals surface area contributed by atoms with E-state index in [-0.39, 0.29) is 0 Å². The average molecular weight is 349 g/mol. The van der Waals surface area contributed by atoms with Crippen molar-refractivity contribution < 1.29 is 0 Å². The SMILES string of the molecule is C=C.CC[SiH2]CCC[Si](C)(C)C.C[Si](C)(C)CCC[SiH3]. The summed E-state index contributed by atoms with van der Waals surface area (Å²) < 4.78 is 0. The van der Waals surface area contributed by atoms with E-state index in [1.165, 1.54) is 41.2 Å². The van der Waals surface area contributed by atoms with Crippen molar-refractivity contribution in [1.29, 1.82) is 0 Å². The molecule has 0 heterocycles. The standard InChI is InChI=1S/C8H22Si2.C6H18Si2.C2H4/c1-5-9-7-6-8-10(2,3)4;1-8(2,3)6-4-5-7;1-2/h5-9H2,1-4H3;4-6H2,1-3,7H3;1-2H2. The minimum absolute atomic E-state index is 0.375. The van der Waals surface area contributed by atoms with Gasteiger partial charge >= 0.3 is 0 Å². The summed E-state index contributed by atoms with van der Waals surface area (Å²) in [7, 11) is 0.439. The Hall–Kier alpha value is 0.608. The summed E-state index contributed by atoms with van der Waals surface area (Å²) in [6.45, 7) is 23.1. The van der Waals surface area contributed by atoms with Gasteiger partial charge in [-0.15, -0.1) is 13.2 Å². The second kappa shape index (κ2) is 16.0. The first kappa shape index (κ1) is 25.6. The van der Waals surface area contributed by atoms with E-state index in [1.807, 2.05) is 0 Å². The summed E-state index contributed by atoms with van der Waals surface area (Å²) >= 11 is 0. The Kier molecular flexibility index (Phi) is 20.4. The van der Waals surface area contributed by atoms with E-state index >= 15 is 0 Å². The molecule has 0 saturated carbocycles. The van der Waals surface area contributed by atoms with E-state index in [0.29, 0.717) is 9.52 Å². The summed E-state index contributed by atoms with van der Waals surface area (Å²) in [5.74, 6) is 0. The molecule has 0 N–H and O–H groups in total. The minimum Gasteiger partial charge on any atom is -0.106 e. The van der Waals surface area contributed by atoms with Crippen molar-refractivity contribution in [3.8, 4) is 0 Å². The molecule has 0 aromatic carbocycles. The highest BCUT2D eigenvalue weighted by Crippen LogP contribution is 2.13. The zero-order valence-electron chi connectivity index (χ0n) is 16.1. The molecule has 0 aliphatic rings. The Morgan fingerprint density at radius 1 is 0.850 bits per heavy atom. The fourth-order valence-electron chi connectivity index (χ4n) is 1.79. The van der Waals surface area contributed by atoms with Crippen LogP contribution in [-0.2, 0) is 0 Å². The molecular weight excluding hydrogens is 305 g/mol. The largest absolute Gasteiger partial charge is 0.106 e. The zero-order valence-corrected chi connectivity index (χ0v) is 21.5. The lowest BCUT2D eigenvalue weighted by atomic mass is 10.6. The molecule has 0 aromatic rings. The van der Waals surface area contributed by atoms with E-state index in [1.54, 1.807) is 12.1 Å². The van der Waals surface area contributed by atoms with Crippen molar-refractivity contribution in [2.75, 3.05) is 0 Å². The van der Waals surface area contributed by atoms with Gasteiger partial charge in [0.05, 0.1) is 0 Å². The van der Waals surface area contributed by atoms with Crippen LogP contribution < -0.4 is 0 Å². The molecule has 20 heavy (non-hydrogen) atoms. The molecule has 0 atom stereocenters. The smallest absolute Gasteiger partial charge is 0.0442 e. The highest BCUT2D eigenvalue weighted by atomic mass is 28.3. The van der Waals surface area contributed by atoms with Crippen molar-refractivity contribution in [3.05, 3.63) is 13.2 Å². The number of hydrogen-bond acceptors (Lipinski definition) is 0. The van der Waals surface area contributed by atoms with Crippen molar-refractivity contribution in [3.63, 3.8) is 0 Å². The van der Waals surface area contributed by atoms with Crippen LogP contribution in [0.15, 0.2) is 13.2 Å². The molecule has 0 aliphatic carbocycles. The van der Waals surface area contributed by atoms with Crippen LogP contribution in [0, 0.1) is 0 Å². The van der Waals surface area contributed by atoms with Gasteiger partial charge in [-0.1, -0.05) is 89.3 Å². The minimum atomic E-state index is -0.685. The Labute approximate surface area is 138 Å². The molecule has 0 saturated heterocycles. The van der Waals surface area contributed by atoms with Gasteiger partial charge in [0.2, 0.25) is 0 Å².